The number of hydrogen-bond acceptors (Lipinski definition) is 3. The second-order valence-electron chi connectivity index (χ2n) is 5.45. The molecule has 0 bridgehead atoms. The van der Waals surface area contributed by atoms with Gasteiger partial charge in [0.25, 0.3) is 0 Å². The molecule has 0 aromatic carbocycles. The number of carboxylic acids is 1. The van der Waals surface area contributed by atoms with Gasteiger partial charge < -0.3 is 16.2 Å². The van der Waals surface area contributed by atoms with Gasteiger partial charge in [0.1, 0.15) is 0 Å². The molecular weight excluding hydrogens is 232 g/mol. The average molecular weight is 256 g/mol. The van der Waals surface area contributed by atoms with Crippen molar-refractivity contribution in [2.24, 2.45) is 17.1 Å². The Hall–Kier alpha value is -1.10. The third-order valence-electron chi connectivity index (χ3n) is 4.04. The van der Waals surface area contributed by atoms with E-state index in [1.807, 2.05) is 13.8 Å². The molecule has 1 saturated carbocycles. The zero-order valence-electron chi connectivity index (χ0n) is 11.2. The molecule has 1 rings (SSSR count). The van der Waals surface area contributed by atoms with Crippen LogP contribution in [0.25, 0.3) is 0 Å². The van der Waals surface area contributed by atoms with E-state index in [-0.39, 0.29) is 18.5 Å². The van der Waals surface area contributed by atoms with Crippen LogP contribution in [0.3, 0.4) is 0 Å². The van der Waals surface area contributed by atoms with E-state index in [4.69, 9.17) is 10.8 Å². The highest BCUT2D eigenvalue weighted by molar-refractivity contribution is 5.84. The van der Waals surface area contributed by atoms with Crippen molar-refractivity contribution in [2.45, 2.75) is 52.0 Å². The van der Waals surface area contributed by atoms with Gasteiger partial charge in [-0.2, -0.15) is 0 Å². The monoisotopic (exact) mass is 256 g/mol. The van der Waals surface area contributed by atoms with E-state index >= 15 is 0 Å². The van der Waals surface area contributed by atoms with Crippen molar-refractivity contribution in [3.63, 3.8) is 0 Å². The van der Waals surface area contributed by atoms with Crippen LogP contribution in [0.5, 0.6) is 0 Å². The smallest absolute Gasteiger partial charge is 0.308 e. The molecule has 1 fully saturated rings. The largest absolute Gasteiger partial charge is 0.481 e. The maximum atomic E-state index is 12.1. The van der Waals surface area contributed by atoms with Gasteiger partial charge in [0, 0.05) is 12.6 Å². The van der Waals surface area contributed by atoms with E-state index in [1.54, 1.807) is 0 Å². The molecule has 5 nitrogen and oxygen atoms in total. The van der Waals surface area contributed by atoms with E-state index in [0.29, 0.717) is 6.42 Å². The van der Waals surface area contributed by atoms with Crippen LogP contribution in [0.2, 0.25) is 0 Å². The Morgan fingerprint density at radius 2 is 2.22 bits per heavy atom. The van der Waals surface area contributed by atoms with Crippen LogP contribution in [-0.4, -0.2) is 29.6 Å². The van der Waals surface area contributed by atoms with Crippen molar-refractivity contribution in [1.82, 2.24) is 5.32 Å². The van der Waals surface area contributed by atoms with Crippen LogP contribution in [0.15, 0.2) is 0 Å². The normalized spacial score (nSPS) is 28.9. The lowest BCUT2D eigenvalue weighted by Crippen LogP contribution is -2.48. The van der Waals surface area contributed by atoms with Gasteiger partial charge in [-0.1, -0.05) is 19.8 Å². The SMILES string of the molecule is CCCC(CNC(=O)C1(C)CCCC1N)C(=O)O. The maximum absolute atomic E-state index is 12.1. The highest BCUT2D eigenvalue weighted by atomic mass is 16.4. The Morgan fingerprint density at radius 3 is 2.67 bits per heavy atom. The number of carboxylic acid groups (broad SMARTS) is 1. The second-order valence-corrected chi connectivity index (χ2v) is 5.45. The first-order valence-electron chi connectivity index (χ1n) is 6.68. The van der Waals surface area contributed by atoms with Crippen molar-refractivity contribution in [3.05, 3.63) is 0 Å². The van der Waals surface area contributed by atoms with Crippen molar-refractivity contribution in [2.75, 3.05) is 6.54 Å². The third-order valence-corrected chi connectivity index (χ3v) is 4.04. The summed E-state index contributed by atoms with van der Waals surface area (Å²) < 4.78 is 0. The fourth-order valence-electron chi connectivity index (χ4n) is 2.55. The van der Waals surface area contributed by atoms with E-state index in [9.17, 15) is 9.59 Å². The molecule has 0 radical (unpaired) electrons. The number of carbonyl (C=O) groups excluding carboxylic acids is 1. The molecular formula is C13H24N2O3. The van der Waals surface area contributed by atoms with E-state index in [2.05, 4.69) is 5.32 Å². The summed E-state index contributed by atoms with van der Waals surface area (Å²) in [5, 5.41) is 11.8. The summed E-state index contributed by atoms with van der Waals surface area (Å²) >= 11 is 0. The Labute approximate surface area is 108 Å². The zero-order valence-corrected chi connectivity index (χ0v) is 11.2. The first-order chi connectivity index (χ1) is 8.41. The van der Waals surface area contributed by atoms with Crippen molar-refractivity contribution in [1.29, 1.82) is 0 Å². The lowest BCUT2D eigenvalue weighted by atomic mass is 9.84. The van der Waals surface area contributed by atoms with Gasteiger partial charge in [-0.15, -0.1) is 0 Å². The summed E-state index contributed by atoms with van der Waals surface area (Å²) in [5.74, 6) is -1.45. The fraction of sp³-hybridized carbons (Fsp3) is 0.846. The summed E-state index contributed by atoms with van der Waals surface area (Å²) in [6.45, 7) is 4.01. The van der Waals surface area contributed by atoms with E-state index in [1.165, 1.54) is 0 Å². The van der Waals surface area contributed by atoms with Gasteiger partial charge in [0.2, 0.25) is 5.91 Å². The summed E-state index contributed by atoms with van der Waals surface area (Å²) in [7, 11) is 0. The molecule has 0 aromatic heterocycles. The van der Waals surface area contributed by atoms with Crippen molar-refractivity contribution >= 4 is 11.9 Å². The molecule has 18 heavy (non-hydrogen) atoms. The third kappa shape index (κ3) is 3.22. The minimum absolute atomic E-state index is 0.102. The van der Waals surface area contributed by atoms with Gasteiger partial charge in [0.05, 0.1) is 11.3 Å². The first-order valence-corrected chi connectivity index (χ1v) is 6.68. The number of aliphatic carboxylic acids is 1. The molecule has 3 unspecified atom stereocenters. The van der Waals surface area contributed by atoms with Crippen LogP contribution in [0.1, 0.15) is 46.0 Å². The number of amides is 1. The molecule has 3 atom stereocenters. The molecule has 1 amide bonds. The van der Waals surface area contributed by atoms with Gasteiger partial charge in [-0.25, -0.2) is 0 Å². The summed E-state index contributed by atoms with van der Waals surface area (Å²) in [5.41, 5.74) is 5.43. The molecule has 0 heterocycles. The predicted octanol–water partition coefficient (Wildman–Crippen LogP) is 1.12. The minimum atomic E-state index is -0.849. The van der Waals surface area contributed by atoms with Crippen LogP contribution in [0.4, 0.5) is 0 Å². The Bertz CT molecular complexity index is 319. The molecule has 1 aliphatic rings. The average Bonchev–Trinajstić information content (AvgIpc) is 2.65. The van der Waals surface area contributed by atoms with Crippen molar-refractivity contribution < 1.29 is 14.7 Å². The maximum Gasteiger partial charge on any atom is 0.308 e. The van der Waals surface area contributed by atoms with Gasteiger partial charge in [-0.3, -0.25) is 9.59 Å². The molecule has 104 valence electrons. The van der Waals surface area contributed by atoms with Crippen LogP contribution in [0, 0.1) is 11.3 Å². The molecule has 5 heteroatoms. The van der Waals surface area contributed by atoms with Crippen LogP contribution < -0.4 is 11.1 Å². The highest BCUT2D eigenvalue weighted by Gasteiger charge is 2.42. The fourth-order valence-corrected chi connectivity index (χ4v) is 2.55. The van der Waals surface area contributed by atoms with E-state index in [0.717, 1.165) is 25.7 Å². The Morgan fingerprint density at radius 1 is 1.56 bits per heavy atom. The number of hydrogen-bond donors (Lipinski definition) is 3. The highest BCUT2D eigenvalue weighted by Crippen LogP contribution is 2.36. The molecule has 0 aliphatic heterocycles. The molecule has 0 aromatic rings. The minimum Gasteiger partial charge on any atom is -0.481 e. The number of nitrogens with two attached hydrogens (primary N) is 1. The molecule has 0 spiro atoms. The lowest BCUT2D eigenvalue weighted by Gasteiger charge is -2.28. The predicted molar refractivity (Wildman–Crippen MR) is 69.0 cm³/mol. The van der Waals surface area contributed by atoms with Crippen molar-refractivity contribution in [3.8, 4) is 0 Å². The van der Waals surface area contributed by atoms with Crippen LogP contribution >= 0.6 is 0 Å². The molecule has 4 N–H and O–H groups in total. The Kier molecular flexibility index (Phi) is 5.14. The quantitative estimate of drug-likeness (QED) is 0.664. The standard InChI is InChI=1S/C13H24N2O3/c1-3-5-9(11(16)17)8-15-12(18)13(2)7-4-6-10(13)14/h9-10H,3-8,14H2,1-2H3,(H,15,18)(H,16,17). The zero-order chi connectivity index (χ0) is 13.8. The summed E-state index contributed by atoms with van der Waals surface area (Å²) in [4.78, 5) is 23.1. The van der Waals surface area contributed by atoms with Gasteiger partial charge in [0.15, 0.2) is 0 Å². The van der Waals surface area contributed by atoms with Crippen LogP contribution in [-0.2, 0) is 9.59 Å². The number of rotatable bonds is 6. The molecule has 0 saturated heterocycles. The summed E-state index contributed by atoms with van der Waals surface area (Å²) in [6, 6.07) is -0.119. The Balaban J connectivity index is 2.52. The number of carbonyl (C=O) groups is 2. The summed E-state index contributed by atoms with van der Waals surface area (Å²) in [6.07, 6.45) is 3.98. The number of nitrogens with one attached hydrogen (secondary N) is 1. The first kappa shape index (κ1) is 15.0. The topological polar surface area (TPSA) is 92.4 Å². The molecule has 1 aliphatic carbocycles. The second kappa shape index (κ2) is 6.18. The van der Waals surface area contributed by atoms with Gasteiger partial charge >= 0.3 is 5.97 Å². The lowest BCUT2D eigenvalue weighted by molar-refractivity contribution is -0.142. The van der Waals surface area contributed by atoms with Gasteiger partial charge in [-0.05, 0) is 26.2 Å². The van der Waals surface area contributed by atoms with E-state index < -0.39 is 17.3 Å².